The summed E-state index contributed by atoms with van der Waals surface area (Å²) in [5.41, 5.74) is 1.97. The van der Waals surface area contributed by atoms with Gasteiger partial charge in [0, 0.05) is 30.5 Å². The van der Waals surface area contributed by atoms with E-state index in [1.807, 2.05) is 0 Å². The van der Waals surface area contributed by atoms with Crippen molar-refractivity contribution >= 4 is 0 Å². The van der Waals surface area contributed by atoms with Gasteiger partial charge in [0.25, 0.3) is 0 Å². The molecule has 2 heteroatoms. The summed E-state index contributed by atoms with van der Waals surface area (Å²) in [7, 11) is 0. The molecule has 0 aromatic carbocycles. The number of rotatable bonds is 0. The topological polar surface area (TPSA) is 8.17 Å². The van der Waals surface area contributed by atoms with Gasteiger partial charge in [-0.05, 0) is 38.3 Å². The minimum atomic E-state index is 0.230. The van der Waals surface area contributed by atoms with Gasteiger partial charge in [-0.2, -0.15) is 0 Å². The van der Waals surface area contributed by atoms with Crippen molar-refractivity contribution in [2.45, 2.75) is 59.7 Å². The molecule has 0 radical (unpaired) electrons. The van der Waals surface area contributed by atoms with E-state index in [1.54, 1.807) is 0 Å². The van der Waals surface area contributed by atoms with Crippen LogP contribution in [0.5, 0.6) is 0 Å². The van der Waals surface area contributed by atoms with Gasteiger partial charge in [0.15, 0.2) is 0 Å². The Kier molecular flexibility index (Phi) is 2.89. The molecule has 2 nitrogen and oxygen atoms in total. The molecule has 0 N–H and O–H groups in total. The maximum Gasteiger partial charge on any atom is 0.0554 e. The predicted octanol–water partition coefficient (Wildman–Crippen LogP) is 3.69. The molecule has 17 heavy (non-hydrogen) atoms. The molecule has 1 aromatic heterocycles. The zero-order valence-electron chi connectivity index (χ0n) is 12.1. The first-order chi connectivity index (χ1) is 7.71. The number of aromatic nitrogens is 1. The van der Waals surface area contributed by atoms with Crippen LogP contribution in [-0.2, 0) is 6.54 Å². The fourth-order valence-electron chi connectivity index (χ4n) is 3.02. The lowest BCUT2D eigenvalue weighted by atomic mass is 9.80. The minimum absolute atomic E-state index is 0.230. The molecule has 0 fully saturated rings. The lowest BCUT2D eigenvalue weighted by Crippen LogP contribution is -2.52. The number of fused-ring (bicyclic) bond motifs is 1. The van der Waals surface area contributed by atoms with Crippen LogP contribution < -0.4 is 0 Å². The summed E-state index contributed by atoms with van der Waals surface area (Å²) in [5.74, 6) is 0. The molecule has 2 heterocycles. The van der Waals surface area contributed by atoms with Crippen molar-refractivity contribution in [2.75, 3.05) is 6.54 Å². The summed E-state index contributed by atoms with van der Waals surface area (Å²) >= 11 is 0. The Morgan fingerprint density at radius 3 is 2.24 bits per heavy atom. The third-order valence-corrected chi connectivity index (χ3v) is 3.72. The Hall–Kier alpha value is -0.760. The van der Waals surface area contributed by atoms with Crippen molar-refractivity contribution in [3.63, 3.8) is 0 Å². The van der Waals surface area contributed by atoms with Crippen molar-refractivity contribution in [1.82, 2.24) is 9.47 Å². The molecule has 1 aliphatic rings. The van der Waals surface area contributed by atoms with Crippen LogP contribution in [0.25, 0.3) is 0 Å². The van der Waals surface area contributed by atoms with E-state index in [-0.39, 0.29) is 11.0 Å². The third kappa shape index (κ3) is 2.28. The Labute approximate surface area is 106 Å². The normalized spacial score (nSPS) is 22.6. The van der Waals surface area contributed by atoms with Crippen molar-refractivity contribution < 1.29 is 0 Å². The van der Waals surface area contributed by atoms with Crippen molar-refractivity contribution in [2.24, 2.45) is 5.41 Å². The Morgan fingerprint density at radius 1 is 1.06 bits per heavy atom. The molecular weight excluding hydrogens is 208 g/mol. The maximum absolute atomic E-state index is 2.66. The highest BCUT2D eigenvalue weighted by Crippen LogP contribution is 2.43. The first-order valence-electron chi connectivity index (χ1n) is 6.63. The van der Waals surface area contributed by atoms with Gasteiger partial charge in [-0.25, -0.2) is 0 Å². The maximum atomic E-state index is 2.66. The SMILES string of the molecule is CC(C)(C)C1c2cccn2CCN1C(C)(C)C. The van der Waals surface area contributed by atoms with Crippen molar-refractivity contribution in [1.29, 1.82) is 0 Å². The van der Waals surface area contributed by atoms with Gasteiger partial charge < -0.3 is 4.57 Å². The molecule has 0 saturated carbocycles. The lowest BCUT2D eigenvalue weighted by molar-refractivity contribution is -0.00126. The summed E-state index contributed by atoms with van der Waals surface area (Å²) in [6.45, 7) is 16.3. The standard InChI is InChI=1S/C15H26N2/c1-14(2,3)13-12-8-7-9-16(12)10-11-17(13)15(4,5)6/h7-9,13H,10-11H2,1-6H3. The van der Waals surface area contributed by atoms with E-state index in [0.717, 1.165) is 13.1 Å². The Bertz CT molecular complexity index is 390. The molecule has 96 valence electrons. The quantitative estimate of drug-likeness (QED) is 0.664. The summed E-state index contributed by atoms with van der Waals surface area (Å²) in [6, 6.07) is 4.97. The minimum Gasteiger partial charge on any atom is -0.349 e. The fourth-order valence-corrected chi connectivity index (χ4v) is 3.02. The van der Waals surface area contributed by atoms with Crippen LogP contribution in [0, 0.1) is 5.41 Å². The predicted molar refractivity (Wildman–Crippen MR) is 73.1 cm³/mol. The van der Waals surface area contributed by atoms with Crippen LogP contribution in [0.15, 0.2) is 18.3 Å². The summed E-state index contributed by atoms with van der Waals surface area (Å²) in [4.78, 5) is 2.66. The molecular formula is C15H26N2. The van der Waals surface area contributed by atoms with Crippen molar-refractivity contribution in [3.05, 3.63) is 24.0 Å². The van der Waals surface area contributed by atoms with Crippen LogP contribution >= 0.6 is 0 Å². The highest BCUT2D eigenvalue weighted by molar-refractivity contribution is 5.18. The smallest absolute Gasteiger partial charge is 0.0554 e. The second-order valence-corrected chi connectivity index (χ2v) is 7.26. The van der Waals surface area contributed by atoms with Crippen LogP contribution in [-0.4, -0.2) is 21.6 Å². The lowest BCUT2D eigenvalue weighted by Gasteiger charge is -2.50. The second-order valence-electron chi connectivity index (χ2n) is 7.26. The summed E-state index contributed by atoms with van der Waals surface area (Å²) < 4.78 is 2.41. The van der Waals surface area contributed by atoms with Crippen LogP contribution in [0.3, 0.4) is 0 Å². The highest BCUT2D eigenvalue weighted by atomic mass is 15.3. The molecule has 0 amide bonds. The van der Waals surface area contributed by atoms with E-state index >= 15 is 0 Å². The van der Waals surface area contributed by atoms with Gasteiger partial charge in [-0.1, -0.05) is 20.8 Å². The monoisotopic (exact) mass is 234 g/mol. The molecule has 0 bridgehead atoms. The fraction of sp³-hybridized carbons (Fsp3) is 0.733. The van der Waals surface area contributed by atoms with Crippen LogP contribution in [0.2, 0.25) is 0 Å². The van der Waals surface area contributed by atoms with Crippen LogP contribution in [0.1, 0.15) is 53.3 Å². The van der Waals surface area contributed by atoms with E-state index in [0.29, 0.717) is 6.04 Å². The zero-order valence-corrected chi connectivity index (χ0v) is 12.1. The van der Waals surface area contributed by atoms with Crippen molar-refractivity contribution in [3.8, 4) is 0 Å². The molecule has 0 saturated heterocycles. The zero-order chi connectivity index (χ0) is 12.8. The second kappa shape index (κ2) is 3.88. The number of nitrogens with zero attached hydrogens (tertiary/aromatic N) is 2. The molecule has 1 atom stereocenters. The Balaban J connectivity index is 2.46. The van der Waals surface area contributed by atoms with Gasteiger partial charge >= 0.3 is 0 Å². The highest BCUT2D eigenvalue weighted by Gasteiger charge is 2.40. The molecule has 0 spiro atoms. The van der Waals surface area contributed by atoms with E-state index in [9.17, 15) is 0 Å². The average Bonchev–Trinajstić information content (AvgIpc) is 2.59. The largest absolute Gasteiger partial charge is 0.349 e. The van der Waals surface area contributed by atoms with Gasteiger partial charge in [-0.15, -0.1) is 0 Å². The number of hydrogen-bond donors (Lipinski definition) is 0. The van der Waals surface area contributed by atoms with E-state index in [4.69, 9.17) is 0 Å². The molecule has 1 aliphatic heterocycles. The Morgan fingerprint density at radius 2 is 1.71 bits per heavy atom. The van der Waals surface area contributed by atoms with E-state index in [1.165, 1.54) is 5.69 Å². The third-order valence-electron chi connectivity index (χ3n) is 3.72. The van der Waals surface area contributed by atoms with E-state index < -0.39 is 0 Å². The molecule has 2 rings (SSSR count). The van der Waals surface area contributed by atoms with Gasteiger partial charge in [0.2, 0.25) is 0 Å². The summed E-state index contributed by atoms with van der Waals surface area (Å²) in [6.07, 6.45) is 2.22. The first-order valence-corrected chi connectivity index (χ1v) is 6.63. The van der Waals surface area contributed by atoms with Gasteiger partial charge in [-0.3, -0.25) is 4.90 Å². The number of hydrogen-bond acceptors (Lipinski definition) is 1. The van der Waals surface area contributed by atoms with Gasteiger partial charge in [0.1, 0.15) is 0 Å². The summed E-state index contributed by atoms with van der Waals surface area (Å²) in [5, 5.41) is 0. The molecule has 1 aromatic rings. The van der Waals surface area contributed by atoms with Gasteiger partial charge in [0.05, 0.1) is 6.04 Å². The van der Waals surface area contributed by atoms with E-state index in [2.05, 4.69) is 69.3 Å². The average molecular weight is 234 g/mol. The van der Waals surface area contributed by atoms with Crippen LogP contribution in [0.4, 0.5) is 0 Å². The molecule has 0 aliphatic carbocycles. The molecule has 1 unspecified atom stereocenters. The first kappa shape index (κ1) is 12.7.